The minimum atomic E-state index is -0.956. The minimum Gasteiger partial charge on any atom is -0.478 e. The van der Waals surface area contributed by atoms with E-state index < -0.39 is 5.97 Å². The van der Waals surface area contributed by atoms with Crippen LogP contribution in [0, 0.1) is 0 Å². The Balaban J connectivity index is 1.75. The molecule has 0 aliphatic rings. The van der Waals surface area contributed by atoms with Crippen LogP contribution in [0.5, 0.6) is 0 Å². The molecule has 0 aromatic heterocycles. The Morgan fingerprint density at radius 1 is 0.955 bits per heavy atom. The van der Waals surface area contributed by atoms with Crippen LogP contribution >= 0.6 is 0 Å². The topological polar surface area (TPSA) is 61.7 Å². The zero-order valence-corrected chi connectivity index (χ0v) is 11.7. The monoisotopic (exact) mass is 290 g/mol. The summed E-state index contributed by atoms with van der Waals surface area (Å²) < 4.78 is 0. The summed E-state index contributed by atoms with van der Waals surface area (Å²) in [5.41, 5.74) is 4.68. The Morgan fingerprint density at radius 2 is 1.77 bits per heavy atom. The fourth-order valence-electron chi connectivity index (χ4n) is 2.19. The maximum absolute atomic E-state index is 10.9. The number of hydrogen-bond donors (Lipinski definition) is 2. The van der Waals surface area contributed by atoms with Crippen LogP contribution in [0.15, 0.2) is 71.8 Å². The van der Waals surface area contributed by atoms with E-state index in [1.165, 1.54) is 5.39 Å². The van der Waals surface area contributed by atoms with Gasteiger partial charge in [0.15, 0.2) is 0 Å². The lowest BCUT2D eigenvalue weighted by atomic mass is 10.1. The summed E-state index contributed by atoms with van der Waals surface area (Å²) in [5.74, 6) is -0.956. The molecule has 4 heteroatoms. The molecule has 0 aliphatic carbocycles. The van der Waals surface area contributed by atoms with Crippen LogP contribution in [0.2, 0.25) is 0 Å². The first-order valence-electron chi connectivity index (χ1n) is 6.83. The third-order valence-corrected chi connectivity index (χ3v) is 3.29. The average Bonchev–Trinajstić information content (AvgIpc) is 2.55. The van der Waals surface area contributed by atoms with E-state index in [0.29, 0.717) is 5.69 Å². The Labute approximate surface area is 127 Å². The smallest absolute Gasteiger partial charge is 0.335 e. The third-order valence-electron chi connectivity index (χ3n) is 3.29. The van der Waals surface area contributed by atoms with Gasteiger partial charge in [-0.25, -0.2) is 4.79 Å². The van der Waals surface area contributed by atoms with E-state index in [-0.39, 0.29) is 5.56 Å². The number of carbonyl (C=O) groups is 1. The van der Waals surface area contributed by atoms with Gasteiger partial charge in [0.1, 0.15) is 0 Å². The van der Waals surface area contributed by atoms with E-state index in [4.69, 9.17) is 5.11 Å². The number of carboxylic acids is 1. The molecular formula is C18H14N2O2. The molecule has 0 atom stereocenters. The van der Waals surface area contributed by atoms with E-state index in [9.17, 15) is 4.79 Å². The van der Waals surface area contributed by atoms with Crippen molar-refractivity contribution in [2.24, 2.45) is 5.10 Å². The Hall–Kier alpha value is -3.14. The number of rotatable bonds is 4. The number of aromatic carboxylic acids is 1. The van der Waals surface area contributed by atoms with Crippen LogP contribution in [0.25, 0.3) is 10.8 Å². The highest BCUT2D eigenvalue weighted by atomic mass is 16.4. The fraction of sp³-hybridized carbons (Fsp3) is 0. The van der Waals surface area contributed by atoms with Crippen molar-refractivity contribution in [3.8, 4) is 0 Å². The SMILES string of the molecule is O=C(O)c1cccc(N/N=C\c2ccc3ccccc3c2)c1. The number of fused-ring (bicyclic) bond motifs is 1. The molecule has 2 N–H and O–H groups in total. The van der Waals surface area contributed by atoms with E-state index in [0.717, 1.165) is 10.9 Å². The molecule has 4 nitrogen and oxygen atoms in total. The Morgan fingerprint density at radius 3 is 2.59 bits per heavy atom. The van der Waals surface area contributed by atoms with Gasteiger partial charge >= 0.3 is 5.97 Å². The number of hydrogen-bond acceptors (Lipinski definition) is 3. The van der Waals surface area contributed by atoms with Gasteiger partial charge in [0, 0.05) is 0 Å². The first-order chi connectivity index (χ1) is 10.7. The zero-order valence-electron chi connectivity index (χ0n) is 11.7. The molecule has 0 fully saturated rings. The van der Waals surface area contributed by atoms with Gasteiger partial charge in [0.05, 0.1) is 17.5 Å². The van der Waals surface area contributed by atoms with E-state index in [1.54, 1.807) is 30.5 Å². The van der Waals surface area contributed by atoms with Crippen molar-refractivity contribution in [1.29, 1.82) is 0 Å². The van der Waals surface area contributed by atoms with Crippen LogP contribution in [0.4, 0.5) is 5.69 Å². The molecule has 0 spiro atoms. The van der Waals surface area contributed by atoms with E-state index >= 15 is 0 Å². The van der Waals surface area contributed by atoms with Crippen LogP contribution in [0.3, 0.4) is 0 Å². The van der Waals surface area contributed by atoms with Crippen LogP contribution < -0.4 is 5.43 Å². The molecule has 0 heterocycles. The number of nitrogens with one attached hydrogen (secondary N) is 1. The molecule has 3 rings (SSSR count). The van der Waals surface area contributed by atoms with Gasteiger partial charge in [0.2, 0.25) is 0 Å². The fourth-order valence-corrected chi connectivity index (χ4v) is 2.19. The van der Waals surface area contributed by atoms with Gasteiger partial charge in [-0.1, -0.05) is 42.5 Å². The predicted molar refractivity (Wildman–Crippen MR) is 88.6 cm³/mol. The molecule has 0 unspecified atom stereocenters. The summed E-state index contributed by atoms with van der Waals surface area (Å²) in [5, 5.41) is 15.4. The maximum atomic E-state index is 10.9. The molecule has 0 radical (unpaired) electrons. The Bertz CT molecular complexity index is 856. The molecule has 0 saturated carbocycles. The summed E-state index contributed by atoms with van der Waals surface area (Å²) in [6, 6.07) is 20.7. The molecule has 0 bridgehead atoms. The lowest BCUT2D eigenvalue weighted by Crippen LogP contribution is -1.97. The van der Waals surface area contributed by atoms with Crippen LogP contribution in [-0.4, -0.2) is 17.3 Å². The first kappa shape index (κ1) is 13.8. The normalized spacial score (nSPS) is 10.9. The van der Waals surface area contributed by atoms with Gasteiger partial charge in [-0.2, -0.15) is 5.10 Å². The van der Waals surface area contributed by atoms with Gasteiger partial charge in [-0.3, -0.25) is 5.43 Å². The van der Waals surface area contributed by atoms with Gasteiger partial charge in [0.25, 0.3) is 0 Å². The van der Waals surface area contributed by atoms with Crippen molar-refractivity contribution in [2.75, 3.05) is 5.43 Å². The molecule has 0 amide bonds. The highest BCUT2D eigenvalue weighted by Gasteiger charge is 2.02. The maximum Gasteiger partial charge on any atom is 0.335 e. The first-order valence-corrected chi connectivity index (χ1v) is 6.83. The van der Waals surface area contributed by atoms with Gasteiger partial charge < -0.3 is 5.11 Å². The van der Waals surface area contributed by atoms with Crippen molar-refractivity contribution in [1.82, 2.24) is 0 Å². The Kier molecular flexibility index (Phi) is 3.83. The second-order valence-corrected chi connectivity index (χ2v) is 4.86. The summed E-state index contributed by atoms with van der Waals surface area (Å²) in [6.45, 7) is 0. The number of anilines is 1. The molecule has 22 heavy (non-hydrogen) atoms. The van der Waals surface area contributed by atoms with Gasteiger partial charge in [-0.05, 0) is 40.6 Å². The second kappa shape index (κ2) is 6.10. The molecule has 108 valence electrons. The minimum absolute atomic E-state index is 0.228. The van der Waals surface area contributed by atoms with Crippen LogP contribution in [-0.2, 0) is 0 Å². The number of hydrazone groups is 1. The molecule has 3 aromatic carbocycles. The van der Waals surface area contributed by atoms with Crippen molar-refractivity contribution in [3.63, 3.8) is 0 Å². The van der Waals surface area contributed by atoms with E-state index in [1.807, 2.05) is 30.3 Å². The highest BCUT2D eigenvalue weighted by Crippen LogP contribution is 2.15. The lowest BCUT2D eigenvalue weighted by molar-refractivity contribution is 0.0697. The highest BCUT2D eigenvalue weighted by molar-refractivity contribution is 5.91. The predicted octanol–water partition coefficient (Wildman–Crippen LogP) is 3.98. The standard InChI is InChI=1S/C18H14N2O2/c21-18(22)16-6-3-7-17(11-16)20-19-12-13-8-9-14-4-1-2-5-15(14)10-13/h1-12,20H,(H,21,22)/b19-12-. The summed E-state index contributed by atoms with van der Waals surface area (Å²) in [6.07, 6.45) is 1.71. The number of nitrogens with zero attached hydrogens (tertiary/aromatic N) is 1. The van der Waals surface area contributed by atoms with Crippen molar-refractivity contribution in [3.05, 3.63) is 77.9 Å². The van der Waals surface area contributed by atoms with Crippen molar-refractivity contribution < 1.29 is 9.90 Å². The zero-order chi connectivity index (χ0) is 15.4. The summed E-state index contributed by atoms with van der Waals surface area (Å²) in [4.78, 5) is 10.9. The number of carboxylic acid groups (broad SMARTS) is 1. The van der Waals surface area contributed by atoms with Crippen LogP contribution in [0.1, 0.15) is 15.9 Å². The molecule has 0 saturated heterocycles. The van der Waals surface area contributed by atoms with Crippen molar-refractivity contribution >= 4 is 28.6 Å². The largest absolute Gasteiger partial charge is 0.478 e. The van der Waals surface area contributed by atoms with E-state index in [2.05, 4.69) is 22.7 Å². The second-order valence-electron chi connectivity index (χ2n) is 4.86. The summed E-state index contributed by atoms with van der Waals surface area (Å²) in [7, 11) is 0. The molecule has 3 aromatic rings. The summed E-state index contributed by atoms with van der Waals surface area (Å²) >= 11 is 0. The molecular weight excluding hydrogens is 276 g/mol. The lowest BCUT2D eigenvalue weighted by Gasteiger charge is -2.02. The average molecular weight is 290 g/mol. The van der Waals surface area contributed by atoms with Gasteiger partial charge in [-0.15, -0.1) is 0 Å². The molecule has 0 aliphatic heterocycles. The van der Waals surface area contributed by atoms with Crippen molar-refractivity contribution in [2.45, 2.75) is 0 Å². The quantitative estimate of drug-likeness (QED) is 0.564. The third kappa shape index (κ3) is 3.12. The number of benzene rings is 3.